The number of amides is 1. The number of pyridine rings is 1. The smallest absolute Gasteiger partial charge is 0.234 e. The lowest BCUT2D eigenvalue weighted by atomic mass is 10.2. The fourth-order valence-electron chi connectivity index (χ4n) is 2.16. The second kappa shape index (κ2) is 9.27. The van der Waals surface area contributed by atoms with Gasteiger partial charge in [-0.25, -0.2) is 4.98 Å². The van der Waals surface area contributed by atoms with Crippen molar-refractivity contribution in [3.63, 3.8) is 0 Å². The summed E-state index contributed by atoms with van der Waals surface area (Å²) in [6.45, 7) is 0.511. The van der Waals surface area contributed by atoms with Crippen molar-refractivity contribution in [3.05, 3.63) is 83.5 Å². The van der Waals surface area contributed by atoms with E-state index in [-0.39, 0.29) is 11.7 Å². The van der Waals surface area contributed by atoms with Crippen LogP contribution in [0.4, 0.5) is 5.69 Å². The van der Waals surface area contributed by atoms with Crippen molar-refractivity contribution in [2.75, 3.05) is 11.1 Å². The third kappa shape index (κ3) is 5.79. The van der Waals surface area contributed by atoms with Crippen molar-refractivity contribution < 1.29 is 9.53 Å². The Morgan fingerprint density at radius 3 is 2.50 bits per heavy atom. The van der Waals surface area contributed by atoms with Crippen LogP contribution < -0.4 is 10.1 Å². The largest absolute Gasteiger partial charge is 0.489 e. The van der Waals surface area contributed by atoms with Crippen molar-refractivity contribution in [1.82, 2.24) is 4.98 Å². The number of halogens is 1. The van der Waals surface area contributed by atoms with Gasteiger partial charge in [0.2, 0.25) is 5.91 Å². The summed E-state index contributed by atoms with van der Waals surface area (Å²) in [5, 5.41) is 4.19. The van der Waals surface area contributed by atoms with Gasteiger partial charge < -0.3 is 10.1 Å². The summed E-state index contributed by atoms with van der Waals surface area (Å²) in [6.07, 6.45) is 1.57. The minimum Gasteiger partial charge on any atom is -0.489 e. The van der Waals surface area contributed by atoms with Crippen LogP contribution in [-0.2, 0) is 11.4 Å². The Bertz CT molecular complexity index is 840. The van der Waals surface area contributed by atoms with Crippen LogP contribution in [0.1, 0.15) is 5.56 Å². The van der Waals surface area contributed by atoms with Crippen LogP contribution in [0.25, 0.3) is 0 Å². The molecule has 1 N–H and O–H groups in total. The van der Waals surface area contributed by atoms with Crippen molar-refractivity contribution in [2.24, 2.45) is 0 Å². The van der Waals surface area contributed by atoms with Gasteiger partial charge >= 0.3 is 0 Å². The molecule has 0 bridgehead atoms. The van der Waals surface area contributed by atoms with Gasteiger partial charge in [-0.3, -0.25) is 4.79 Å². The number of thioether (sulfide) groups is 1. The van der Waals surface area contributed by atoms with E-state index in [1.54, 1.807) is 18.3 Å². The highest BCUT2D eigenvalue weighted by molar-refractivity contribution is 7.99. The normalized spacial score (nSPS) is 10.3. The number of aromatic nitrogens is 1. The number of carbonyl (C=O) groups is 1. The lowest BCUT2D eigenvalue weighted by Crippen LogP contribution is -2.14. The molecule has 132 valence electrons. The molecule has 1 amide bonds. The Kier molecular flexibility index (Phi) is 6.52. The van der Waals surface area contributed by atoms with Gasteiger partial charge in [-0.1, -0.05) is 53.7 Å². The minimum atomic E-state index is -0.0929. The summed E-state index contributed by atoms with van der Waals surface area (Å²) in [7, 11) is 0. The van der Waals surface area contributed by atoms with Crippen LogP contribution in [-0.4, -0.2) is 16.6 Å². The predicted octanol–water partition coefficient (Wildman–Crippen LogP) is 5.04. The van der Waals surface area contributed by atoms with Crippen molar-refractivity contribution in [1.29, 1.82) is 0 Å². The van der Waals surface area contributed by atoms with Gasteiger partial charge in [0.1, 0.15) is 12.4 Å². The van der Waals surface area contributed by atoms with E-state index < -0.39 is 0 Å². The zero-order chi connectivity index (χ0) is 18.2. The molecule has 0 fully saturated rings. The summed E-state index contributed by atoms with van der Waals surface area (Å²) in [5.41, 5.74) is 1.84. The lowest BCUT2D eigenvalue weighted by Gasteiger charge is -2.08. The molecule has 0 unspecified atom stereocenters. The summed E-state index contributed by atoms with van der Waals surface area (Å²) in [5.74, 6) is 0.942. The Balaban J connectivity index is 1.45. The van der Waals surface area contributed by atoms with Gasteiger partial charge in [-0.2, -0.15) is 0 Å². The summed E-state index contributed by atoms with van der Waals surface area (Å²) in [6, 6.07) is 20.8. The SMILES string of the molecule is O=C(CSc1ccc(Cl)cn1)Nc1ccc(OCc2ccccc2)cc1. The first kappa shape index (κ1) is 18.3. The maximum Gasteiger partial charge on any atom is 0.234 e. The van der Waals surface area contributed by atoms with Crippen molar-refractivity contribution in [2.45, 2.75) is 11.6 Å². The quantitative estimate of drug-likeness (QED) is 0.579. The minimum absolute atomic E-state index is 0.0929. The van der Waals surface area contributed by atoms with E-state index in [1.165, 1.54) is 11.8 Å². The number of hydrogen-bond donors (Lipinski definition) is 1. The van der Waals surface area contributed by atoms with Crippen LogP contribution in [0.3, 0.4) is 0 Å². The van der Waals surface area contributed by atoms with Crippen molar-refractivity contribution >= 4 is 35.0 Å². The van der Waals surface area contributed by atoms with E-state index in [0.717, 1.165) is 22.0 Å². The number of nitrogens with one attached hydrogen (secondary N) is 1. The van der Waals surface area contributed by atoms with Crippen molar-refractivity contribution in [3.8, 4) is 5.75 Å². The Morgan fingerprint density at radius 2 is 1.81 bits per heavy atom. The first-order valence-electron chi connectivity index (χ1n) is 8.00. The highest BCUT2D eigenvalue weighted by atomic mass is 35.5. The van der Waals surface area contributed by atoms with Gasteiger partial charge in [0.15, 0.2) is 0 Å². The Hall–Kier alpha value is -2.50. The molecular formula is C20H17ClN2O2S. The molecule has 1 heterocycles. The van der Waals surface area contributed by atoms with E-state index >= 15 is 0 Å². The number of carbonyl (C=O) groups excluding carboxylic acids is 1. The fourth-order valence-corrected chi connectivity index (χ4v) is 2.91. The second-order valence-corrected chi connectivity index (χ2v) is 6.88. The average molecular weight is 385 g/mol. The molecule has 3 rings (SSSR count). The molecule has 0 radical (unpaired) electrons. The molecule has 6 heteroatoms. The Morgan fingerprint density at radius 1 is 1.04 bits per heavy atom. The molecule has 0 spiro atoms. The monoisotopic (exact) mass is 384 g/mol. The third-order valence-electron chi connectivity index (χ3n) is 3.44. The van der Waals surface area contributed by atoms with Gasteiger partial charge in [0.25, 0.3) is 0 Å². The van der Waals surface area contributed by atoms with Gasteiger partial charge in [-0.15, -0.1) is 0 Å². The number of nitrogens with zero attached hydrogens (tertiary/aromatic N) is 1. The second-order valence-electron chi connectivity index (χ2n) is 5.45. The van der Waals surface area contributed by atoms with Crippen LogP contribution in [0.5, 0.6) is 5.75 Å². The van der Waals surface area contributed by atoms with Crippen LogP contribution in [0.15, 0.2) is 78.0 Å². The van der Waals surface area contributed by atoms with E-state index in [4.69, 9.17) is 16.3 Å². The maximum absolute atomic E-state index is 12.0. The van der Waals surface area contributed by atoms with Gasteiger partial charge in [0, 0.05) is 11.9 Å². The molecule has 2 aromatic carbocycles. The van der Waals surface area contributed by atoms with E-state index in [0.29, 0.717) is 11.6 Å². The Labute approximate surface area is 161 Å². The topological polar surface area (TPSA) is 51.2 Å². The molecule has 26 heavy (non-hydrogen) atoms. The van der Waals surface area contributed by atoms with Crippen LogP contribution >= 0.6 is 23.4 Å². The molecular weight excluding hydrogens is 368 g/mol. The molecule has 4 nitrogen and oxygen atoms in total. The number of ether oxygens (including phenoxy) is 1. The number of rotatable bonds is 7. The van der Waals surface area contributed by atoms with Gasteiger partial charge in [-0.05, 0) is 42.0 Å². The molecule has 0 saturated heterocycles. The first-order valence-corrected chi connectivity index (χ1v) is 9.36. The molecule has 0 saturated carbocycles. The fraction of sp³-hybridized carbons (Fsp3) is 0.100. The summed E-state index contributed by atoms with van der Waals surface area (Å²) in [4.78, 5) is 16.2. The lowest BCUT2D eigenvalue weighted by molar-refractivity contribution is -0.113. The molecule has 0 aliphatic rings. The van der Waals surface area contributed by atoms with E-state index in [9.17, 15) is 4.79 Å². The summed E-state index contributed by atoms with van der Waals surface area (Å²) >= 11 is 7.15. The standard InChI is InChI=1S/C20H17ClN2O2S/c21-16-6-11-20(22-12-16)26-14-19(24)23-17-7-9-18(10-8-17)25-13-15-4-2-1-3-5-15/h1-12H,13-14H2,(H,23,24). The van der Waals surface area contributed by atoms with Crippen LogP contribution in [0.2, 0.25) is 5.02 Å². The van der Waals surface area contributed by atoms with Gasteiger partial charge in [0.05, 0.1) is 15.8 Å². The number of hydrogen-bond acceptors (Lipinski definition) is 4. The van der Waals surface area contributed by atoms with E-state index in [2.05, 4.69) is 10.3 Å². The number of anilines is 1. The van der Waals surface area contributed by atoms with E-state index in [1.807, 2.05) is 54.6 Å². The summed E-state index contributed by atoms with van der Waals surface area (Å²) < 4.78 is 5.73. The molecule has 1 aromatic heterocycles. The highest BCUT2D eigenvalue weighted by Gasteiger charge is 2.05. The predicted molar refractivity (Wildman–Crippen MR) is 106 cm³/mol. The zero-order valence-electron chi connectivity index (χ0n) is 13.9. The van der Waals surface area contributed by atoms with Crippen LogP contribution in [0, 0.1) is 0 Å². The number of benzene rings is 2. The first-order chi connectivity index (χ1) is 12.7. The highest BCUT2D eigenvalue weighted by Crippen LogP contribution is 2.19. The molecule has 3 aromatic rings. The molecule has 0 atom stereocenters. The molecule has 0 aliphatic carbocycles. The zero-order valence-corrected chi connectivity index (χ0v) is 15.5. The maximum atomic E-state index is 12.0. The molecule has 0 aliphatic heterocycles. The third-order valence-corrected chi connectivity index (χ3v) is 4.61. The average Bonchev–Trinajstić information content (AvgIpc) is 2.68.